The highest BCUT2D eigenvalue weighted by Crippen LogP contribution is 2.04. The van der Waals surface area contributed by atoms with E-state index in [0.29, 0.717) is 5.70 Å². The Labute approximate surface area is 74.0 Å². The highest BCUT2D eigenvalue weighted by molar-refractivity contribution is 5.87. The standard InChI is InChI=1S/C9H17NO2/c1-5-8(9(11)12-4)10(6-2)7-3/h5H,6-7H2,1-4H3. The van der Waals surface area contributed by atoms with Crippen LogP contribution in [0.5, 0.6) is 0 Å². The second-order valence-corrected chi connectivity index (χ2v) is 2.34. The first-order valence-corrected chi connectivity index (χ1v) is 4.20. The highest BCUT2D eigenvalue weighted by atomic mass is 16.5. The van der Waals surface area contributed by atoms with E-state index in [1.54, 1.807) is 6.08 Å². The molecule has 0 atom stereocenters. The van der Waals surface area contributed by atoms with Crippen LogP contribution in [-0.4, -0.2) is 31.1 Å². The van der Waals surface area contributed by atoms with E-state index in [-0.39, 0.29) is 5.97 Å². The third-order valence-electron chi connectivity index (χ3n) is 1.77. The fourth-order valence-corrected chi connectivity index (χ4v) is 1.10. The molecule has 0 heterocycles. The smallest absolute Gasteiger partial charge is 0.353 e. The molecule has 0 aliphatic rings. The SMILES string of the molecule is CC=C(C(=O)OC)N(CC)CC. The summed E-state index contributed by atoms with van der Waals surface area (Å²) in [6.07, 6.45) is 1.78. The molecule has 0 aromatic carbocycles. The van der Waals surface area contributed by atoms with Crippen molar-refractivity contribution < 1.29 is 9.53 Å². The van der Waals surface area contributed by atoms with E-state index in [1.165, 1.54) is 7.11 Å². The molecule has 0 aromatic rings. The van der Waals surface area contributed by atoms with Crippen LogP contribution in [0, 0.1) is 0 Å². The van der Waals surface area contributed by atoms with Crippen molar-refractivity contribution >= 4 is 5.97 Å². The van der Waals surface area contributed by atoms with Crippen LogP contribution in [0.15, 0.2) is 11.8 Å². The minimum atomic E-state index is -0.263. The Kier molecular flexibility index (Phi) is 5.17. The molecule has 70 valence electrons. The molecule has 0 aliphatic heterocycles. The van der Waals surface area contributed by atoms with Crippen LogP contribution in [-0.2, 0) is 9.53 Å². The topological polar surface area (TPSA) is 29.5 Å². The van der Waals surface area contributed by atoms with Gasteiger partial charge in [0.05, 0.1) is 7.11 Å². The van der Waals surface area contributed by atoms with E-state index in [0.717, 1.165) is 13.1 Å². The maximum Gasteiger partial charge on any atom is 0.353 e. The number of rotatable bonds is 4. The van der Waals surface area contributed by atoms with Crippen LogP contribution in [0.1, 0.15) is 20.8 Å². The molecular formula is C9H17NO2. The number of carbonyl (C=O) groups excluding carboxylic acids is 1. The number of carbonyl (C=O) groups is 1. The zero-order chi connectivity index (χ0) is 9.56. The van der Waals surface area contributed by atoms with Gasteiger partial charge >= 0.3 is 5.97 Å². The number of likely N-dealkylation sites (N-methyl/N-ethyl adjacent to an activating group) is 1. The minimum Gasteiger partial charge on any atom is -0.464 e. The molecule has 0 aromatic heterocycles. The Morgan fingerprint density at radius 3 is 2.17 bits per heavy atom. The van der Waals surface area contributed by atoms with Crippen molar-refractivity contribution in [3.8, 4) is 0 Å². The van der Waals surface area contributed by atoms with Crippen LogP contribution in [0.3, 0.4) is 0 Å². The van der Waals surface area contributed by atoms with Crippen molar-refractivity contribution in [2.24, 2.45) is 0 Å². The van der Waals surface area contributed by atoms with Crippen molar-refractivity contribution in [3.05, 3.63) is 11.8 Å². The largest absolute Gasteiger partial charge is 0.464 e. The van der Waals surface area contributed by atoms with E-state index in [4.69, 9.17) is 0 Å². The van der Waals surface area contributed by atoms with E-state index < -0.39 is 0 Å². The second-order valence-electron chi connectivity index (χ2n) is 2.34. The van der Waals surface area contributed by atoms with Crippen LogP contribution >= 0.6 is 0 Å². The monoisotopic (exact) mass is 171 g/mol. The first-order valence-electron chi connectivity index (χ1n) is 4.20. The van der Waals surface area contributed by atoms with Gasteiger partial charge < -0.3 is 9.64 Å². The Morgan fingerprint density at radius 1 is 1.42 bits per heavy atom. The summed E-state index contributed by atoms with van der Waals surface area (Å²) in [6.45, 7) is 7.51. The summed E-state index contributed by atoms with van der Waals surface area (Å²) in [7, 11) is 1.40. The van der Waals surface area contributed by atoms with Crippen molar-refractivity contribution in [3.63, 3.8) is 0 Å². The molecule has 0 rings (SSSR count). The van der Waals surface area contributed by atoms with Gasteiger partial charge in [0.25, 0.3) is 0 Å². The minimum absolute atomic E-state index is 0.263. The zero-order valence-corrected chi connectivity index (χ0v) is 8.26. The maximum atomic E-state index is 11.2. The lowest BCUT2D eigenvalue weighted by atomic mass is 10.3. The normalized spacial score (nSPS) is 11.2. The maximum absolute atomic E-state index is 11.2. The first kappa shape index (κ1) is 11.0. The van der Waals surface area contributed by atoms with Gasteiger partial charge in [-0.3, -0.25) is 0 Å². The predicted molar refractivity (Wildman–Crippen MR) is 48.7 cm³/mol. The van der Waals surface area contributed by atoms with Gasteiger partial charge in [-0.25, -0.2) is 4.79 Å². The van der Waals surface area contributed by atoms with Gasteiger partial charge in [0.1, 0.15) is 5.70 Å². The van der Waals surface area contributed by atoms with Gasteiger partial charge in [-0.1, -0.05) is 6.08 Å². The lowest BCUT2D eigenvalue weighted by Crippen LogP contribution is -2.27. The zero-order valence-electron chi connectivity index (χ0n) is 8.26. The summed E-state index contributed by atoms with van der Waals surface area (Å²) in [6, 6.07) is 0. The van der Waals surface area contributed by atoms with E-state index >= 15 is 0 Å². The fourth-order valence-electron chi connectivity index (χ4n) is 1.10. The van der Waals surface area contributed by atoms with Gasteiger partial charge in [0, 0.05) is 13.1 Å². The van der Waals surface area contributed by atoms with Gasteiger partial charge in [-0.05, 0) is 20.8 Å². The average molecular weight is 171 g/mol. The molecular weight excluding hydrogens is 154 g/mol. The third kappa shape index (κ3) is 2.57. The van der Waals surface area contributed by atoms with Crippen LogP contribution in [0.25, 0.3) is 0 Å². The molecule has 0 fully saturated rings. The number of nitrogens with zero attached hydrogens (tertiary/aromatic N) is 1. The Balaban J connectivity index is 4.43. The van der Waals surface area contributed by atoms with Crippen molar-refractivity contribution in [1.29, 1.82) is 0 Å². The van der Waals surface area contributed by atoms with Crippen LogP contribution in [0.4, 0.5) is 0 Å². The highest BCUT2D eigenvalue weighted by Gasteiger charge is 2.13. The number of ether oxygens (including phenoxy) is 1. The molecule has 0 saturated carbocycles. The Hall–Kier alpha value is -0.990. The van der Waals surface area contributed by atoms with Crippen LogP contribution < -0.4 is 0 Å². The number of esters is 1. The summed E-state index contributed by atoms with van der Waals surface area (Å²) in [5, 5.41) is 0. The second kappa shape index (κ2) is 5.63. The van der Waals surface area contributed by atoms with Crippen molar-refractivity contribution in [2.75, 3.05) is 20.2 Å². The lowest BCUT2D eigenvalue weighted by Gasteiger charge is -2.21. The van der Waals surface area contributed by atoms with Gasteiger partial charge in [0.2, 0.25) is 0 Å². The predicted octanol–water partition coefficient (Wildman–Crippen LogP) is 1.41. The molecule has 12 heavy (non-hydrogen) atoms. The molecule has 0 N–H and O–H groups in total. The molecule has 0 saturated heterocycles. The van der Waals surface area contributed by atoms with Gasteiger partial charge in [-0.2, -0.15) is 0 Å². The summed E-state index contributed by atoms with van der Waals surface area (Å²) < 4.78 is 4.64. The Morgan fingerprint density at radius 2 is 1.92 bits per heavy atom. The molecule has 3 nitrogen and oxygen atoms in total. The van der Waals surface area contributed by atoms with Gasteiger partial charge in [0.15, 0.2) is 0 Å². The molecule has 3 heteroatoms. The van der Waals surface area contributed by atoms with E-state index in [1.807, 2.05) is 25.7 Å². The lowest BCUT2D eigenvalue weighted by molar-refractivity contribution is -0.137. The summed E-state index contributed by atoms with van der Waals surface area (Å²) in [4.78, 5) is 13.1. The third-order valence-corrected chi connectivity index (χ3v) is 1.77. The summed E-state index contributed by atoms with van der Waals surface area (Å²) >= 11 is 0. The average Bonchev–Trinajstić information content (AvgIpc) is 2.12. The van der Waals surface area contributed by atoms with Crippen LogP contribution in [0.2, 0.25) is 0 Å². The number of methoxy groups -OCH3 is 1. The van der Waals surface area contributed by atoms with Crippen molar-refractivity contribution in [1.82, 2.24) is 4.90 Å². The first-order chi connectivity index (χ1) is 5.71. The summed E-state index contributed by atoms with van der Waals surface area (Å²) in [5.74, 6) is -0.263. The summed E-state index contributed by atoms with van der Waals surface area (Å²) in [5.41, 5.74) is 0.641. The molecule has 0 amide bonds. The quantitative estimate of drug-likeness (QED) is 0.473. The van der Waals surface area contributed by atoms with Gasteiger partial charge in [-0.15, -0.1) is 0 Å². The molecule has 0 radical (unpaired) electrons. The van der Waals surface area contributed by atoms with E-state index in [9.17, 15) is 4.79 Å². The molecule has 0 spiro atoms. The molecule has 0 unspecified atom stereocenters. The van der Waals surface area contributed by atoms with E-state index in [2.05, 4.69) is 4.74 Å². The molecule has 0 bridgehead atoms. The fraction of sp³-hybridized carbons (Fsp3) is 0.667. The number of hydrogen-bond donors (Lipinski definition) is 0. The Bertz CT molecular complexity index is 171. The number of hydrogen-bond acceptors (Lipinski definition) is 3. The van der Waals surface area contributed by atoms with Crippen molar-refractivity contribution in [2.45, 2.75) is 20.8 Å². The number of allylic oxidation sites excluding steroid dienone is 1. The molecule has 0 aliphatic carbocycles.